The highest BCUT2D eigenvalue weighted by Gasteiger charge is 2.16. The van der Waals surface area contributed by atoms with E-state index >= 15 is 0 Å². The van der Waals surface area contributed by atoms with E-state index in [1.165, 1.54) is 0 Å². The van der Waals surface area contributed by atoms with E-state index in [-0.39, 0.29) is 17.5 Å². The van der Waals surface area contributed by atoms with Crippen LogP contribution in [0, 0.1) is 10.1 Å². The number of hydrogen-bond acceptors (Lipinski definition) is 4. The van der Waals surface area contributed by atoms with Crippen molar-refractivity contribution < 1.29 is 14.5 Å². The van der Waals surface area contributed by atoms with E-state index < -0.39 is 10.9 Å². The van der Waals surface area contributed by atoms with Crippen molar-refractivity contribution in [1.29, 1.82) is 0 Å². The van der Waals surface area contributed by atoms with Crippen LogP contribution in [-0.2, 0) is 4.74 Å². The first-order valence-electron chi connectivity index (χ1n) is 4.04. The van der Waals surface area contributed by atoms with Gasteiger partial charge in [-0.2, -0.15) is 0 Å². The molecule has 0 radical (unpaired) electrons. The van der Waals surface area contributed by atoms with Crippen molar-refractivity contribution in [3.8, 4) is 0 Å². The SMILES string of the molecule is CC(C)OC(=O)c1cc([N+](=O)[O-])c[nH]1. The summed E-state index contributed by atoms with van der Waals surface area (Å²) in [5, 5.41) is 10.3. The molecule has 14 heavy (non-hydrogen) atoms. The maximum Gasteiger partial charge on any atom is 0.355 e. The summed E-state index contributed by atoms with van der Waals surface area (Å²) in [6.45, 7) is 3.41. The Balaban J connectivity index is 2.76. The lowest BCUT2D eigenvalue weighted by Gasteiger charge is -2.05. The molecule has 0 saturated carbocycles. The smallest absolute Gasteiger partial charge is 0.355 e. The highest BCUT2D eigenvalue weighted by atomic mass is 16.6. The van der Waals surface area contributed by atoms with Crippen molar-refractivity contribution in [2.75, 3.05) is 0 Å². The lowest BCUT2D eigenvalue weighted by atomic mass is 10.4. The van der Waals surface area contributed by atoms with E-state index in [0.717, 1.165) is 12.3 Å². The fourth-order valence-corrected chi connectivity index (χ4v) is 0.884. The minimum Gasteiger partial charge on any atom is -0.458 e. The minimum absolute atomic E-state index is 0.0883. The van der Waals surface area contributed by atoms with Crippen LogP contribution < -0.4 is 0 Å². The third-order valence-electron chi connectivity index (χ3n) is 1.44. The summed E-state index contributed by atoms with van der Waals surface area (Å²) in [5.41, 5.74) is -0.0638. The molecular formula is C8H10N2O4. The molecule has 1 aromatic heterocycles. The number of aromatic amines is 1. The van der Waals surface area contributed by atoms with Gasteiger partial charge in [0.15, 0.2) is 0 Å². The molecule has 0 aromatic carbocycles. The summed E-state index contributed by atoms with van der Waals surface area (Å²) < 4.78 is 4.84. The van der Waals surface area contributed by atoms with E-state index in [2.05, 4.69) is 4.98 Å². The van der Waals surface area contributed by atoms with E-state index in [4.69, 9.17) is 4.74 Å². The molecule has 6 nitrogen and oxygen atoms in total. The number of nitrogens with zero attached hydrogens (tertiary/aromatic N) is 1. The lowest BCUT2D eigenvalue weighted by molar-refractivity contribution is -0.384. The zero-order valence-electron chi connectivity index (χ0n) is 7.81. The third kappa shape index (κ3) is 2.32. The van der Waals surface area contributed by atoms with Crippen molar-refractivity contribution in [2.24, 2.45) is 0 Å². The average Bonchev–Trinajstić information content (AvgIpc) is 2.50. The first-order valence-corrected chi connectivity index (χ1v) is 4.04. The topological polar surface area (TPSA) is 85.2 Å². The molecule has 1 aromatic rings. The predicted molar refractivity (Wildman–Crippen MR) is 48.0 cm³/mol. The molecule has 1 rings (SSSR count). The normalized spacial score (nSPS) is 10.2. The molecule has 76 valence electrons. The summed E-state index contributed by atoms with van der Waals surface area (Å²) >= 11 is 0. The Morgan fingerprint density at radius 1 is 1.64 bits per heavy atom. The number of esters is 1. The second kappa shape index (κ2) is 3.91. The molecule has 6 heteroatoms. The Morgan fingerprint density at radius 3 is 2.71 bits per heavy atom. The average molecular weight is 198 g/mol. The first kappa shape index (κ1) is 10.2. The van der Waals surface area contributed by atoms with E-state index in [1.807, 2.05) is 0 Å². The second-order valence-corrected chi connectivity index (χ2v) is 2.98. The molecule has 0 aliphatic rings. The predicted octanol–water partition coefficient (Wildman–Crippen LogP) is 1.49. The van der Waals surface area contributed by atoms with Crippen LogP contribution in [0.2, 0.25) is 0 Å². The summed E-state index contributed by atoms with van der Waals surface area (Å²) in [7, 11) is 0. The molecule has 0 unspecified atom stereocenters. The van der Waals surface area contributed by atoms with Gasteiger partial charge in [0.25, 0.3) is 5.69 Å². The van der Waals surface area contributed by atoms with Crippen LogP contribution in [0.3, 0.4) is 0 Å². The maximum absolute atomic E-state index is 11.2. The minimum atomic E-state index is -0.590. The van der Waals surface area contributed by atoms with Crippen LogP contribution in [-0.4, -0.2) is 22.0 Å². The zero-order chi connectivity index (χ0) is 10.7. The highest BCUT2D eigenvalue weighted by molar-refractivity contribution is 5.88. The first-order chi connectivity index (χ1) is 6.50. The quantitative estimate of drug-likeness (QED) is 0.453. The van der Waals surface area contributed by atoms with Crippen LogP contribution in [0.1, 0.15) is 24.3 Å². The fourth-order valence-electron chi connectivity index (χ4n) is 0.884. The third-order valence-corrected chi connectivity index (χ3v) is 1.44. The number of rotatable bonds is 3. The highest BCUT2D eigenvalue weighted by Crippen LogP contribution is 2.13. The largest absolute Gasteiger partial charge is 0.458 e. The maximum atomic E-state index is 11.2. The van der Waals surface area contributed by atoms with Crippen LogP contribution in [0.15, 0.2) is 12.3 Å². The number of H-pyrrole nitrogens is 1. The summed E-state index contributed by atoms with van der Waals surface area (Å²) in [4.78, 5) is 23.4. The molecule has 0 atom stereocenters. The standard InChI is InChI=1S/C8H10N2O4/c1-5(2)14-8(11)7-3-6(4-9-7)10(12)13/h3-5,9H,1-2H3. The van der Waals surface area contributed by atoms with Crippen molar-refractivity contribution in [3.05, 3.63) is 28.1 Å². The van der Waals surface area contributed by atoms with Crippen molar-refractivity contribution in [1.82, 2.24) is 4.98 Å². The van der Waals surface area contributed by atoms with Gasteiger partial charge in [-0.1, -0.05) is 0 Å². The number of nitrogens with one attached hydrogen (secondary N) is 1. The Hall–Kier alpha value is -1.85. The van der Waals surface area contributed by atoms with Crippen LogP contribution in [0.25, 0.3) is 0 Å². The molecule has 0 fully saturated rings. The molecule has 1 N–H and O–H groups in total. The summed E-state index contributed by atoms with van der Waals surface area (Å²) in [5.74, 6) is -0.590. The van der Waals surface area contributed by atoms with Gasteiger partial charge in [0.2, 0.25) is 0 Å². The van der Waals surface area contributed by atoms with Gasteiger partial charge < -0.3 is 9.72 Å². The Bertz CT molecular complexity index is 356. The molecule has 0 amide bonds. The number of ether oxygens (including phenoxy) is 1. The van der Waals surface area contributed by atoms with E-state index in [0.29, 0.717) is 0 Å². The van der Waals surface area contributed by atoms with Gasteiger partial charge in [0, 0.05) is 6.07 Å². The summed E-state index contributed by atoms with van der Waals surface area (Å²) in [6.07, 6.45) is 0.904. The molecule has 0 bridgehead atoms. The van der Waals surface area contributed by atoms with Gasteiger partial charge in [-0.3, -0.25) is 10.1 Å². The summed E-state index contributed by atoms with van der Waals surface area (Å²) in [6, 6.07) is 1.14. The Labute approximate surface area is 80.0 Å². The van der Waals surface area contributed by atoms with Crippen LogP contribution in [0.4, 0.5) is 5.69 Å². The zero-order valence-corrected chi connectivity index (χ0v) is 7.81. The van der Waals surface area contributed by atoms with Gasteiger partial charge >= 0.3 is 5.97 Å². The van der Waals surface area contributed by atoms with E-state index in [1.54, 1.807) is 13.8 Å². The van der Waals surface area contributed by atoms with Gasteiger partial charge in [0.05, 0.1) is 17.2 Å². The molecule has 0 aliphatic heterocycles. The van der Waals surface area contributed by atoms with Crippen molar-refractivity contribution in [2.45, 2.75) is 20.0 Å². The van der Waals surface area contributed by atoms with Gasteiger partial charge in [0.1, 0.15) is 5.69 Å². The van der Waals surface area contributed by atoms with Crippen molar-refractivity contribution >= 4 is 11.7 Å². The molecular weight excluding hydrogens is 188 g/mol. The molecule has 0 spiro atoms. The van der Waals surface area contributed by atoms with Gasteiger partial charge in [-0.25, -0.2) is 4.79 Å². The van der Waals surface area contributed by atoms with Crippen molar-refractivity contribution in [3.63, 3.8) is 0 Å². The van der Waals surface area contributed by atoms with Crippen LogP contribution in [0.5, 0.6) is 0 Å². The van der Waals surface area contributed by atoms with Gasteiger partial charge in [-0.15, -0.1) is 0 Å². The number of carbonyl (C=O) groups excluding carboxylic acids is 1. The van der Waals surface area contributed by atoms with Crippen LogP contribution >= 0.6 is 0 Å². The number of hydrogen-bond donors (Lipinski definition) is 1. The Morgan fingerprint density at radius 2 is 2.29 bits per heavy atom. The number of carbonyl (C=O) groups is 1. The van der Waals surface area contributed by atoms with E-state index in [9.17, 15) is 14.9 Å². The lowest BCUT2D eigenvalue weighted by Crippen LogP contribution is -2.11. The molecule has 0 saturated heterocycles. The monoisotopic (exact) mass is 198 g/mol. The second-order valence-electron chi connectivity index (χ2n) is 2.98. The van der Waals surface area contributed by atoms with Gasteiger partial charge in [-0.05, 0) is 13.8 Å². The number of nitro groups is 1. The molecule has 0 aliphatic carbocycles. The fraction of sp³-hybridized carbons (Fsp3) is 0.375. The number of aromatic nitrogens is 1. The molecule has 1 heterocycles. The Kier molecular flexibility index (Phi) is 2.85.